The highest BCUT2D eigenvalue weighted by Gasteiger charge is 2.30. The molecule has 7 rings (SSSR count). The van der Waals surface area contributed by atoms with Gasteiger partial charge in [0.2, 0.25) is 0 Å². The first-order valence-electron chi connectivity index (χ1n) is 11.8. The Labute approximate surface area is 194 Å². The van der Waals surface area contributed by atoms with E-state index in [1.807, 2.05) is 0 Å². The number of H-pyrrole nitrogens is 1. The molecule has 1 heterocycles. The van der Waals surface area contributed by atoms with Gasteiger partial charge in [-0.15, -0.1) is 0 Å². The third-order valence-corrected chi connectivity index (χ3v) is 7.45. The van der Waals surface area contributed by atoms with Crippen LogP contribution in [0.1, 0.15) is 45.5 Å². The fraction of sp³-hybridized carbons (Fsp3) is 0.129. The van der Waals surface area contributed by atoms with Gasteiger partial charge in [-0.25, -0.2) is 0 Å². The Hall–Kier alpha value is -3.91. The molecule has 0 amide bonds. The first kappa shape index (κ1) is 18.6. The maximum Gasteiger partial charge on any atom is 0.0634 e. The highest BCUT2D eigenvalue weighted by atomic mass is 15.1. The summed E-state index contributed by atoms with van der Waals surface area (Å²) < 4.78 is 0. The van der Waals surface area contributed by atoms with Crippen LogP contribution < -0.4 is 0 Å². The lowest BCUT2D eigenvalue weighted by molar-refractivity contribution is 0.782. The number of hydrogen-bond donors (Lipinski definition) is 1. The number of fused-ring (bicyclic) bond motifs is 6. The van der Waals surface area contributed by atoms with E-state index in [1.54, 1.807) is 0 Å². The van der Waals surface area contributed by atoms with Crippen LogP contribution in [0.15, 0.2) is 103 Å². The summed E-state index contributed by atoms with van der Waals surface area (Å²) in [7, 11) is 0. The molecule has 2 heteroatoms. The minimum atomic E-state index is 0.362. The van der Waals surface area contributed by atoms with E-state index in [9.17, 15) is 0 Å². The maximum atomic E-state index is 4.75. The summed E-state index contributed by atoms with van der Waals surface area (Å²) in [5.74, 6) is 0.736. The van der Waals surface area contributed by atoms with Crippen LogP contribution in [0.5, 0.6) is 0 Å². The van der Waals surface area contributed by atoms with Gasteiger partial charge in [0.25, 0.3) is 0 Å². The molecule has 0 saturated heterocycles. The Morgan fingerprint density at radius 1 is 0.515 bits per heavy atom. The number of hydrogen-bond acceptors (Lipinski definition) is 1. The minimum absolute atomic E-state index is 0.362. The van der Waals surface area contributed by atoms with Crippen molar-refractivity contribution in [1.82, 2.24) is 10.2 Å². The topological polar surface area (TPSA) is 28.7 Å². The molecule has 0 saturated carbocycles. The van der Waals surface area contributed by atoms with Crippen molar-refractivity contribution in [2.45, 2.75) is 24.7 Å². The Morgan fingerprint density at radius 3 is 1.36 bits per heavy atom. The van der Waals surface area contributed by atoms with Crippen LogP contribution in [0.25, 0.3) is 22.3 Å². The summed E-state index contributed by atoms with van der Waals surface area (Å²) in [5.41, 5.74) is 13.5. The molecule has 0 bridgehead atoms. The zero-order valence-electron chi connectivity index (χ0n) is 18.3. The van der Waals surface area contributed by atoms with Crippen LogP contribution in [0.2, 0.25) is 0 Å². The number of nitrogens with one attached hydrogen (secondary N) is 1. The molecule has 2 aliphatic rings. The molecule has 0 unspecified atom stereocenters. The molecule has 158 valence electrons. The summed E-state index contributed by atoms with van der Waals surface area (Å²) in [5, 5.41) is 8.12. The molecule has 0 fully saturated rings. The fourth-order valence-corrected chi connectivity index (χ4v) is 6.01. The molecule has 0 aliphatic heterocycles. The van der Waals surface area contributed by atoms with Crippen molar-refractivity contribution in [2.75, 3.05) is 0 Å². The number of aromatic amines is 1. The van der Waals surface area contributed by atoms with Gasteiger partial charge in [0, 0.05) is 30.4 Å². The van der Waals surface area contributed by atoms with E-state index in [0.717, 1.165) is 18.5 Å². The second kappa shape index (κ2) is 7.31. The Kier molecular flexibility index (Phi) is 4.13. The zero-order valence-corrected chi connectivity index (χ0v) is 18.3. The predicted molar refractivity (Wildman–Crippen MR) is 133 cm³/mol. The van der Waals surface area contributed by atoms with Gasteiger partial charge < -0.3 is 0 Å². The number of benzene rings is 4. The minimum Gasteiger partial charge on any atom is -0.282 e. The van der Waals surface area contributed by atoms with E-state index in [1.165, 1.54) is 50.2 Å². The van der Waals surface area contributed by atoms with Crippen molar-refractivity contribution in [3.8, 4) is 22.3 Å². The Bertz CT molecular complexity index is 1290. The second-order valence-electron chi connectivity index (χ2n) is 9.25. The number of aromatic nitrogens is 2. The smallest absolute Gasteiger partial charge is 0.0634 e. The molecule has 4 aromatic carbocycles. The first-order chi connectivity index (χ1) is 16.4. The van der Waals surface area contributed by atoms with Crippen molar-refractivity contribution in [1.29, 1.82) is 0 Å². The molecule has 0 spiro atoms. The van der Waals surface area contributed by atoms with Crippen LogP contribution in [0.4, 0.5) is 0 Å². The van der Waals surface area contributed by atoms with Crippen molar-refractivity contribution in [2.24, 2.45) is 0 Å². The third kappa shape index (κ3) is 2.91. The lowest BCUT2D eigenvalue weighted by Gasteiger charge is -2.12. The van der Waals surface area contributed by atoms with E-state index < -0.39 is 0 Å². The quantitative estimate of drug-likeness (QED) is 0.327. The van der Waals surface area contributed by atoms with E-state index in [0.29, 0.717) is 11.8 Å². The van der Waals surface area contributed by atoms with Gasteiger partial charge in [-0.2, -0.15) is 5.10 Å². The summed E-state index contributed by atoms with van der Waals surface area (Å²) in [6.07, 6.45) is 1.86. The van der Waals surface area contributed by atoms with Gasteiger partial charge in [0.1, 0.15) is 0 Å². The van der Waals surface area contributed by atoms with Crippen LogP contribution in [-0.4, -0.2) is 10.2 Å². The third-order valence-electron chi connectivity index (χ3n) is 7.45. The Balaban J connectivity index is 1.19. The molecule has 0 atom stereocenters. The van der Waals surface area contributed by atoms with Crippen LogP contribution in [-0.2, 0) is 12.8 Å². The molecule has 1 N–H and O–H groups in total. The van der Waals surface area contributed by atoms with Gasteiger partial charge in [-0.3, -0.25) is 5.10 Å². The normalized spacial score (nSPS) is 14.1. The summed E-state index contributed by atoms with van der Waals surface area (Å²) >= 11 is 0. The lowest BCUT2D eigenvalue weighted by atomic mass is 9.90. The highest BCUT2D eigenvalue weighted by molar-refractivity contribution is 5.79. The van der Waals surface area contributed by atoms with E-state index in [2.05, 4.69) is 108 Å². The summed E-state index contributed by atoms with van der Waals surface area (Å²) in [6, 6.07) is 37.6. The van der Waals surface area contributed by atoms with E-state index in [-0.39, 0.29) is 0 Å². The molecule has 2 nitrogen and oxygen atoms in total. The van der Waals surface area contributed by atoms with Crippen molar-refractivity contribution in [3.05, 3.63) is 137 Å². The molecular formula is C31H24N2. The second-order valence-corrected chi connectivity index (χ2v) is 9.25. The lowest BCUT2D eigenvalue weighted by Crippen LogP contribution is -2.02. The van der Waals surface area contributed by atoms with Gasteiger partial charge in [-0.1, -0.05) is 97.1 Å². The summed E-state index contributed by atoms with van der Waals surface area (Å²) in [6.45, 7) is 0. The zero-order chi connectivity index (χ0) is 21.8. The monoisotopic (exact) mass is 424 g/mol. The molecular weight excluding hydrogens is 400 g/mol. The van der Waals surface area contributed by atoms with Crippen molar-refractivity contribution < 1.29 is 0 Å². The van der Waals surface area contributed by atoms with Gasteiger partial charge in [-0.05, 0) is 50.6 Å². The van der Waals surface area contributed by atoms with E-state index >= 15 is 0 Å². The van der Waals surface area contributed by atoms with Gasteiger partial charge in [0.05, 0.1) is 5.69 Å². The average Bonchev–Trinajstić information content (AvgIpc) is 3.54. The highest BCUT2D eigenvalue weighted by Crippen LogP contribution is 2.47. The largest absolute Gasteiger partial charge is 0.282 e. The Morgan fingerprint density at radius 2 is 0.909 bits per heavy atom. The summed E-state index contributed by atoms with van der Waals surface area (Å²) in [4.78, 5) is 0. The van der Waals surface area contributed by atoms with E-state index in [4.69, 9.17) is 5.10 Å². The molecule has 33 heavy (non-hydrogen) atoms. The maximum absolute atomic E-state index is 4.75. The predicted octanol–water partition coefficient (Wildman–Crippen LogP) is 7.12. The van der Waals surface area contributed by atoms with Gasteiger partial charge in [0.15, 0.2) is 0 Å². The van der Waals surface area contributed by atoms with Crippen LogP contribution in [0.3, 0.4) is 0 Å². The molecule has 1 aromatic heterocycles. The SMILES string of the molecule is c1ccc2c(c1)-c1ccccc1C2Cc1cc(CC2c3ccccc3-c3ccccc32)[nH]n1. The molecule has 2 aliphatic carbocycles. The van der Waals surface area contributed by atoms with Crippen molar-refractivity contribution in [3.63, 3.8) is 0 Å². The molecule has 0 radical (unpaired) electrons. The van der Waals surface area contributed by atoms with Crippen molar-refractivity contribution >= 4 is 0 Å². The average molecular weight is 425 g/mol. The standard InChI is InChI=1S/C31H24N2/c1-5-13-26-22(9-1)23-10-2-6-14-27(23)30(26)18-20-17-21(33-32-20)19-31-28-15-7-3-11-24(28)25-12-4-8-16-29(25)31/h1-17,30-31H,18-19H2,(H,32,33). The van der Waals surface area contributed by atoms with Crippen LogP contribution in [0, 0.1) is 0 Å². The van der Waals surface area contributed by atoms with Gasteiger partial charge >= 0.3 is 0 Å². The number of nitrogens with zero attached hydrogens (tertiary/aromatic N) is 1. The first-order valence-corrected chi connectivity index (χ1v) is 11.8. The number of rotatable bonds is 4. The van der Waals surface area contributed by atoms with Crippen LogP contribution >= 0.6 is 0 Å². The fourth-order valence-electron chi connectivity index (χ4n) is 6.01. The molecule has 5 aromatic rings.